The number of anilines is 1. The lowest BCUT2D eigenvalue weighted by atomic mass is 10.1. The van der Waals surface area contributed by atoms with Crippen molar-refractivity contribution < 1.29 is 23.8 Å². The number of aliphatic carboxylic acids is 1. The van der Waals surface area contributed by atoms with Crippen LogP contribution < -0.4 is 25.2 Å². The van der Waals surface area contributed by atoms with Gasteiger partial charge in [0.25, 0.3) is 8.32 Å². The molecule has 0 aromatic heterocycles. The molecule has 7 heteroatoms. The van der Waals surface area contributed by atoms with Gasteiger partial charge in [-0.3, -0.25) is 0 Å². The summed E-state index contributed by atoms with van der Waals surface area (Å²) in [5, 5.41) is 15.4. The summed E-state index contributed by atoms with van der Waals surface area (Å²) in [6, 6.07) is 33.4. The number of nitrogens with one attached hydrogen (secondary N) is 1. The third-order valence-corrected chi connectivity index (χ3v) is 12.3. The summed E-state index contributed by atoms with van der Waals surface area (Å²) >= 11 is 0. The van der Waals surface area contributed by atoms with Crippen molar-refractivity contribution in [2.75, 3.05) is 19.5 Å². The highest BCUT2D eigenvalue weighted by atomic mass is 28.4. The van der Waals surface area contributed by atoms with E-state index in [-0.39, 0.29) is 5.04 Å². The maximum Gasteiger partial charge on any atom is 0.326 e. The number of ether oxygens (including phenoxy) is 2. The van der Waals surface area contributed by atoms with Crippen LogP contribution in [-0.4, -0.2) is 39.7 Å². The van der Waals surface area contributed by atoms with Gasteiger partial charge in [-0.1, -0.05) is 112 Å². The summed E-state index contributed by atoms with van der Waals surface area (Å²) in [7, 11) is 0.378. The minimum absolute atomic E-state index is 0.169. The monoisotopic (exact) mass is 569 g/mol. The fourth-order valence-corrected chi connectivity index (χ4v) is 9.91. The first-order chi connectivity index (χ1) is 19.7. The number of methoxy groups -OCH3 is 2. The lowest BCUT2D eigenvalue weighted by molar-refractivity contribution is -0.137. The summed E-state index contributed by atoms with van der Waals surface area (Å²) < 4.78 is 18.6. The van der Waals surface area contributed by atoms with E-state index in [1.165, 1.54) is 10.4 Å². The molecule has 0 aliphatic heterocycles. The van der Waals surface area contributed by atoms with Crippen molar-refractivity contribution in [3.05, 3.63) is 114 Å². The van der Waals surface area contributed by atoms with Gasteiger partial charge >= 0.3 is 5.97 Å². The molecule has 0 fully saturated rings. The van der Waals surface area contributed by atoms with Crippen LogP contribution in [0.5, 0.6) is 11.5 Å². The van der Waals surface area contributed by atoms with Crippen molar-refractivity contribution in [2.45, 2.75) is 44.9 Å². The van der Waals surface area contributed by atoms with Gasteiger partial charge in [0.2, 0.25) is 0 Å². The Morgan fingerprint density at radius 3 is 1.66 bits per heavy atom. The Kier molecular flexibility index (Phi) is 9.52. The molecule has 2 N–H and O–H groups in total. The molecule has 0 saturated carbocycles. The quantitative estimate of drug-likeness (QED) is 0.207. The Morgan fingerprint density at radius 2 is 1.24 bits per heavy atom. The molecule has 0 bridgehead atoms. The van der Waals surface area contributed by atoms with Crippen LogP contribution in [0, 0.1) is 0 Å². The number of hydrogen-bond acceptors (Lipinski definition) is 5. The number of carbonyl (C=O) groups is 1. The Hall–Kier alpha value is -4.07. The van der Waals surface area contributed by atoms with Crippen LogP contribution in [0.2, 0.25) is 5.04 Å². The maximum atomic E-state index is 12.2. The third kappa shape index (κ3) is 6.64. The highest BCUT2D eigenvalue weighted by Crippen LogP contribution is 2.40. The average Bonchev–Trinajstić information content (AvgIpc) is 2.98. The molecule has 1 atom stereocenters. The zero-order valence-electron chi connectivity index (χ0n) is 24.4. The summed E-state index contributed by atoms with van der Waals surface area (Å²) in [4.78, 5) is 12.2. The van der Waals surface area contributed by atoms with Crippen molar-refractivity contribution in [1.82, 2.24) is 0 Å². The van der Waals surface area contributed by atoms with Crippen molar-refractivity contribution in [2.24, 2.45) is 0 Å². The molecule has 0 radical (unpaired) electrons. The largest absolute Gasteiger partial charge is 0.494 e. The minimum Gasteiger partial charge on any atom is -0.494 e. The highest BCUT2D eigenvalue weighted by Gasteiger charge is 2.50. The second-order valence-electron chi connectivity index (χ2n) is 11.1. The van der Waals surface area contributed by atoms with E-state index in [1.54, 1.807) is 14.2 Å². The summed E-state index contributed by atoms with van der Waals surface area (Å²) in [6.45, 7) is 7.05. The minimum atomic E-state index is -2.76. The molecule has 6 nitrogen and oxygen atoms in total. The number of carboxylic acid groups (broad SMARTS) is 1. The molecule has 4 aromatic rings. The van der Waals surface area contributed by atoms with Gasteiger partial charge in [-0.15, -0.1) is 0 Å². The van der Waals surface area contributed by atoms with Crippen LogP contribution in [0.15, 0.2) is 103 Å². The highest BCUT2D eigenvalue weighted by molar-refractivity contribution is 6.99. The van der Waals surface area contributed by atoms with Gasteiger partial charge in [0.15, 0.2) is 0 Å². The van der Waals surface area contributed by atoms with Crippen molar-refractivity contribution in [1.29, 1.82) is 0 Å². The molecular weight excluding hydrogens is 530 g/mol. The van der Waals surface area contributed by atoms with Crippen molar-refractivity contribution in [3.63, 3.8) is 0 Å². The van der Waals surface area contributed by atoms with E-state index in [2.05, 4.69) is 74.6 Å². The molecule has 0 saturated heterocycles. The normalized spacial score (nSPS) is 12.4. The molecule has 41 heavy (non-hydrogen) atoms. The van der Waals surface area contributed by atoms with Gasteiger partial charge in [-0.2, -0.15) is 0 Å². The Balaban J connectivity index is 1.70. The van der Waals surface area contributed by atoms with E-state index in [0.29, 0.717) is 30.2 Å². The van der Waals surface area contributed by atoms with Gasteiger partial charge in [0, 0.05) is 6.42 Å². The van der Waals surface area contributed by atoms with E-state index >= 15 is 0 Å². The molecule has 0 heterocycles. The first-order valence-corrected chi connectivity index (χ1v) is 15.6. The SMILES string of the molecule is COc1cc(CO[Si](c2ccccc2)(c2ccccc2)C(C)(C)C)cc(OC)c1N[C@@H](Cc1ccccc1)C(=O)O. The van der Waals surface area contributed by atoms with E-state index in [1.807, 2.05) is 54.6 Å². The van der Waals surface area contributed by atoms with Gasteiger partial charge in [0.1, 0.15) is 23.2 Å². The van der Waals surface area contributed by atoms with Crippen LogP contribution in [0.25, 0.3) is 0 Å². The molecular formula is C34H39NO5Si. The molecule has 0 spiro atoms. The van der Waals surface area contributed by atoms with Gasteiger partial charge in [0.05, 0.1) is 20.8 Å². The lowest BCUT2D eigenvalue weighted by Gasteiger charge is -2.43. The first kappa shape index (κ1) is 29.9. The van der Waals surface area contributed by atoms with E-state index in [9.17, 15) is 9.90 Å². The molecule has 4 rings (SSSR count). The fourth-order valence-electron chi connectivity index (χ4n) is 5.37. The Labute approximate surface area is 244 Å². The number of hydrogen-bond donors (Lipinski definition) is 2. The van der Waals surface area contributed by atoms with Crippen LogP contribution in [-0.2, 0) is 22.2 Å². The second kappa shape index (κ2) is 13.1. The average molecular weight is 570 g/mol. The molecule has 4 aromatic carbocycles. The fraction of sp³-hybridized carbons (Fsp3) is 0.265. The summed E-state index contributed by atoms with van der Waals surface area (Å²) in [5.41, 5.74) is 2.28. The molecule has 214 valence electrons. The summed E-state index contributed by atoms with van der Waals surface area (Å²) in [5.74, 6) is 0.0199. The molecule has 0 aliphatic rings. The topological polar surface area (TPSA) is 77.0 Å². The van der Waals surface area contributed by atoms with E-state index in [4.69, 9.17) is 13.9 Å². The van der Waals surface area contributed by atoms with Crippen LogP contribution >= 0.6 is 0 Å². The van der Waals surface area contributed by atoms with Crippen LogP contribution in [0.3, 0.4) is 0 Å². The first-order valence-electron chi connectivity index (χ1n) is 13.7. The maximum absolute atomic E-state index is 12.2. The smallest absolute Gasteiger partial charge is 0.326 e. The van der Waals surface area contributed by atoms with Gasteiger partial charge in [-0.05, 0) is 38.7 Å². The molecule has 0 aliphatic carbocycles. The number of carboxylic acids is 1. The van der Waals surface area contributed by atoms with E-state index in [0.717, 1.165) is 11.1 Å². The van der Waals surface area contributed by atoms with Crippen molar-refractivity contribution >= 4 is 30.3 Å². The molecule has 0 amide bonds. The number of benzene rings is 4. The predicted molar refractivity (Wildman–Crippen MR) is 167 cm³/mol. The van der Waals surface area contributed by atoms with Gasteiger partial charge in [-0.25, -0.2) is 4.79 Å². The van der Waals surface area contributed by atoms with E-state index < -0.39 is 20.3 Å². The lowest BCUT2D eigenvalue weighted by Crippen LogP contribution is -2.66. The van der Waals surface area contributed by atoms with Crippen LogP contribution in [0.4, 0.5) is 5.69 Å². The zero-order valence-corrected chi connectivity index (χ0v) is 25.4. The molecule has 0 unspecified atom stereocenters. The second-order valence-corrected chi connectivity index (χ2v) is 15.4. The number of rotatable bonds is 12. The zero-order chi connectivity index (χ0) is 29.5. The standard InChI is InChI=1S/C34H39NO5Si/c1-34(2,3)41(27-17-11-7-12-18-27,28-19-13-8-14-20-28)40-24-26-22-30(38-4)32(31(23-26)39-5)35-29(33(36)37)21-25-15-9-6-10-16-25/h6-20,22-23,29,35H,21,24H2,1-5H3,(H,36,37)/t29-/m0/s1. The predicted octanol–water partition coefficient (Wildman–Crippen LogP) is 5.89. The van der Waals surface area contributed by atoms with Crippen molar-refractivity contribution in [3.8, 4) is 11.5 Å². The van der Waals surface area contributed by atoms with Crippen LogP contribution in [0.1, 0.15) is 31.9 Å². The third-order valence-electron chi connectivity index (χ3n) is 7.34. The van der Waals surface area contributed by atoms with Gasteiger partial charge < -0.3 is 24.3 Å². The summed E-state index contributed by atoms with van der Waals surface area (Å²) in [6.07, 6.45) is 0.307. The Morgan fingerprint density at radius 1 is 0.780 bits per heavy atom. The Bertz CT molecular complexity index is 1360.